The monoisotopic (exact) mass is 462 g/mol. The second-order valence-corrected chi connectivity index (χ2v) is 7.56. The molecular weight excluding hydrogens is 431 g/mol. The summed E-state index contributed by atoms with van der Waals surface area (Å²) in [7, 11) is 0. The van der Waals surface area contributed by atoms with Crippen molar-refractivity contribution in [2.24, 2.45) is 15.9 Å². The molecule has 0 saturated carbocycles. The number of hydrogen-bond donors (Lipinski definition) is 1. The van der Waals surface area contributed by atoms with Crippen LogP contribution in [0.5, 0.6) is 5.75 Å². The Hall–Kier alpha value is -2.29. The number of aliphatic hydroxyl groups excluding tert-OH is 1. The maximum atomic E-state index is 13.4. The van der Waals surface area contributed by atoms with E-state index < -0.39 is 30.2 Å². The topological polar surface area (TPSA) is 54.2 Å². The van der Waals surface area contributed by atoms with Crippen LogP contribution in [-0.2, 0) is 0 Å². The van der Waals surface area contributed by atoms with Gasteiger partial charge in [0.05, 0.1) is 5.70 Å². The maximum absolute atomic E-state index is 13.4. The van der Waals surface area contributed by atoms with Crippen LogP contribution < -0.4 is 4.74 Å². The lowest BCUT2D eigenvalue weighted by atomic mass is 9.94. The fourth-order valence-corrected chi connectivity index (χ4v) is 3.08. The van der Waals surface area contributed by atoms with Gasteiger partial charge < -0.3 is 9.84 Å². The van der Waals surface area contributed by atoms with Gasteiger partial charge in [-0.05, 0) is 44.7 Å². The molecular formula is C23H31F5N2O2. The largest absolute Gasteiger partial charge is 0.573 e. The summed E-state index contributed by atoms with van der Waals surface area (Å²) in [5.74, 6) is -0.859. The molecule has 32 heavy (non-hydrogen) atoms. The zero-order valence-electron chi connectivity index (χ0n) is 19.2. The molecule has 0 fully saturated rings. The molecule has 0 radical (unpaired) electrons. The number of aliphatic hydroxyl groups is 1. The second kappa shape index (κ2) is 12.1. The van der Waals surface area contributed by atoms with Crippen molar-refractivity contribution >= 4 is 23.3 Å². The average molecular weight is 463 g/mol. The highest BCUT2D eigenvalue weighted by molar-refractivity contribution is 5.88. The van der Waals surface area contributed by atoms with Gasteiger partial charge in [0.25, 0.3) is 6.43 Å². The quantitative estimate of drug-likeness (QED) is 0.288. The molecule has 180 valence electrons. The lowest BCUT2D eigenvalue weighted by Gasteiger charge is -2.23. The third-order valence-corrected chi connectivity index (χ3v) is 4.86. The number of nitrogens with zero attached hydrogens (tertiary/aromatic N) is 2. The molecule has 0 spiro atoms. The zero-order chi connectivity index (χ0) is 24.6. The highest BCUT2D eigenvalue weighted by Gasteiger charge is 2.37. The number of alkyl halides is 5. The van der Waals surface area contributed by atoms with Gasteiger partial charge in [0, 0.05) is 23.1 Å². The van der Waals surface area contributed by atoms with Crippen molar-refractivity contribution in [2.75, 3.05) is 0 Å². The SMILES string of the molecule is C/C=N\C(=C/C(C)CC)c1cc(C(O)C(F)F)c(OC(F)(F)F)c(/N=C(/C)CCC)c1C. The molecule has 0 amide bonds. The summed E-state index contributed by atoms with van der Waals surface area (Å²) >= 11 is 0. The van der Waals surface area contributed by atoms with Crippen molar-refractivity contribution in [1.82, 2.24) is 0 Å². The van der Waals surface area contributed by atoms with Crippen molar-refractivity contribution in [2.45, 2.75) is 79.7 Å². The lowest BCUT2D eigenvalue weighted by molar-refractivity contribution is -0.275. The number of benzene rings is 1. The molecule has 1 aromatic carbocycles. The van der Waals surface area contributed by atoms with Crippen molar-refractivity contribution in [3.05, 3.63) is 28.8 Å². The first-order valence-corrected chi connectivity index (χ1v) is 10.5. The number of ether oxygens (including phenoxy) is 1. The summed E-state index contributed by atoms with van der Waals surface area (Å²) in [5, 5.41) is 10.1. The van der Waals surface area contributed by atoms with E-state index in [1.54, 1.807) is 19.9 Å². The van der Waals surface area contributed by atoms with Crippen molar-refractivity contribution in [3.63, 3.8) is 0 Å². The van der Waals surface area contributed by atoms with Gasteiger partial charge in [0.1, 0.15) is 11.8 Å². The van der Waals surface area contributed by atoms with Crippen LogP contribution in [0.25, 0.3) is 5.70 Å². The molecule has 0 saturated heterocycles. The van der Waals surface area contributed by atoms with Crippen LogP contribution in [0.15, 0.2) is 22.1 Å². The Balaban J connectivity index is 4.08. The van der Waals surface area contributed by atoms with E-state index >= 15 is 0 Å². The van der Waals surface area contributed by atoms with Crippen molar-refractivity contribution < 1.29 is 31.8 Å². The van der Waals surface area contributed by atoms with Crippen LogP contribution in [-0.4, -0.2) is 29.8 Å². The molecule has 2 unspecified atom stereocenters. The van der Waals surface area contributed by atoms with Gasteiger partial charge in [-0.3, -0.25) is 9.98 Å². The second-order valence-electron chi connectivity index (χ2n) is 7.56. The van der Waals surface area contributed by atoms with Gasteiger partial charge in [-0.25, -0.2) is 8.78 Å². The zero-order valence-corrected chi connectivity index (χ0v) is 19.2. The number of aliphatic imine (C=N–C) groups is 2. The van der Waals surface area contributed by atoms with E-state index in [1.165, 1.54) is 13.1 Å². The van der Waals surface area contributed by atoms with E-state index in [9.17, 15) is 27.1 Å². The van der Waals surface area contributed by atoms with Gasteiger partial charge >= 0.3 is 6.36 Å². The molecule has 1 rings (SSSR count). The standard InChI is InChI=1S/C23H31F5N2O2/c1-7-10-14(5)30-19-15(6)16(18(29-9-3)11-13(4)8-2)12-17(20(31)22(24)25)21(19)32-23(26,27)28/h9,11-13,20,22,31H,7-8,10H2,1-6H3/b18-11-,29-9-,30-14-. The van der Waals surface area contributed by atoms with E-state index in [0.717, 1.165) is 12.5 Å². The Morgan fingerprint density at radius 1 is 1.25 bits per heavy atom. The van der Waals surface area contributed by atoms with Gasteiger partial charge in [-0.1, -0.05) is 39.7 Å². The van der Waals surface area contributed by atoms with Gasteiger partial charge in [-0.2, -0.15) is 0 Å². The fraction of sp³-hybridized carbons (Fsp3) is 0.565. The molecule has 0 aliphatic carbocycles. The number of allylic oxidation sites excluding steroid dienone is 1. The highest BCUT2D eigenvalue weighted by atomic mass is 19.4. The summed E-state index contributed by atoms with van der Waals surface area (Å²) in [4.78, 5) is 8.60. The third kappa shape index (κ3) is 7.69. The van der Waals surface area contributed by atoms with E-state index in [1.807, 2.05) is 20.8 Å². The summed E-state index contributed by atoms with van der Waals surface area (Å²) in [6, 6.07) is 1.09. The van der Waals surface area contributed by atoms with Crippen LogP contribution in [0, 0.1) is 12.8 Å². The predicted molar refractivity (Wildman–Crippen MR) is 118 cm³/mol. The van der Waals surface area contributed by atoms with Gasteiger partial charge in [0.2, 0.25) is 0 Å². The van der Waals surface area contributed by atoms with Crippen LogP contribution in [0.1, 0.15) is 76.7 Å². The average Bonchev–Trinajstić information content (AvgIpc) is 2.69. The molecule has 0 aromatic heterocycles. The van der Waals surface area contributed by atoms with E-state index in [2.05, 4.69) is 14.7 Å². The van der Waals surface area contributed by atoms with Crippen LogP contribution in [0.3, 0.4) is 0 Å². The minimum atomic E-state index is -5.16. The first-order chi connectivity index (χ1) is 14.9. The summed E-state index contributed by atoms with van der Waals surface area (Å²) in [5.41, 5.74) is 0.541. The first-order valence-electron chi connectivity index (χ1n) is 10.5. The molecule has 0 heterocycles. The molecule has 2 atom stereocenters. The minimum Gasteiger partial charge on any atom is -0.403 e. The molecule has 4 nitrogen and oxygen atoms in total. The first kappa shape index (κ1) is 27.7. The van der Waals surface area contributed by atoms with E-state index in [0.29, 0.717) is 29.8 Å². The Morgan fingerprint density at radius 3 is 2.34 bits per heavy atom. The highest BCUT2D eigenvalue weighted by Crippen LogP contribution is 2.45. The third-order valence-electron chi connectivity index (χ3n) is 4.86. The summed E-state index contributed by atoms with van der Waals surface area (Å²) < 4.78 is 70.6. The van der Waals surface area contributed by atoms with Crippen LogP contribution in [0.4, 0.5) is 27.6 Å². The van der Waals surface area contributed by atoms with E-state index in [4.69, 9.17) is 0 Å². The van der Waals surface area contributed by atoms with Gasteiger partial charge in [0.15, 0.2) is 5.75 Å². The fourth-order valence-electron chi connectivity index (χ4n) is 3.08. The molecule has 0 bridgehead atoms. The van der Waals surface area contributed by atoms with Crippen molar-refractivity contribution in [1.29, 1.82) is 0 Å². The van der Waals surface area contributed by atoms with Crippen molar-refractivity contribution in [3.8, 4) is 5.75 Å². The number of halogens is 5. The molecule has 1 aromatic rings. The summed E-state index contributed by atoms with van der Waals surface area (Å²) in [6.07, 6.45) is -5.73. The van der Waals surface area contributed by atoms with E-state index in [-0.39, 0.29) is 17.2 Å². The summed E-state index contributed by atoms with van der Waals surface area (Å²) in [6.45, 7) is 10.6. The molecule has 9 heteroatoms. The normalized spacial score (nSPS) is 15.5. The molecule has 0 aliphatic rings. The van der Waals surface area contributed by atoms with Crippen LogP contribution in [0.2, 0.25) is 0 Å². The molecule has 1 N–H and O–H groups in total. The Labute approximate surface area is 185 Å². The molecule has 0 aliphatic heterocycles. The smallest absolute Gasteiger partial charge is 0.403 e. The Morgan fingerprint density at radius 2 is 1.88 bits per heavy atom. The van der Waals surface area contributed by atoms with Crippen LogP contribution >= 0.6 is 0 Å². The number of rotatable bonds is 10. The minimum absolute atomic E-state index is 0.0662. The Kier molecular flexibility index (Phi) is 10.5. The Bertz CT molecular complexity index is 861. The maximum Gasteiger partial charge on any atom is 0.573 e. The van der Waals surface area contributed by atoms with Gasteiger partial charge in [-0.15, -0.1) is 13.2 Å². The predicted octanol–water partition coefficient (Wildman–Crippen LogP) is 7.56. The number of hydrogen-bond acceptors (Lipinski definition) is 4. The lowest BCUT2D eigenvalue weighted by Crippen LogP contribution is -2.21.